The van der Waals surface area contributed by atoms with Crippen LogP contribution in [0.3, 0.4) is 0 Å². The number of halogens is 2. The van der Waals surface area contributed by atoms with Gasteiger partial charge in [-0.15, -0.1) is 0 Å². The Balaban J connectivity index is 2.25. The molecule has 0 amide bonds. The summed E-state index contributed by atoms with van der Waals surface area (Å²) in [5, 5.41) is 3.85. The number of anilines is 2. The summed E-state index contributed by atoms with van der Waals surface area (Å²) in [5.74, 6) is 0. The van der Waals surface area contributed by atoms with Gasteiger partial charge < -0.3 is 11.1 Å². The van der Waals surface area contributed by atoms with Gasteiger partial charge in [-0.3, -0.25) is 4.98 Å². The standard InChI is InChI=1S/C12H9BrClN3S/c13-9-2-1-7(5-10(9)14)17-8-3-4-16-11(6-8)12(15)18/h1-6H,(H2,15,18)(H,16,17). The van der Waals surface area contributed by atoms with E-state index in [2.05, 4.69) is 26.2 Å². The Labute approximate surface area is 123 Å². The number of nitrogens with one attached hydrogen (secondary N) is 1. The van der Waals surface area contributed by atoms with Gasteiger partial charge in [0.1, 0.15) is 4.99 Å². The molecular weight excluding hydrogens is 334 g/mol. The zero-order chi connectivity index (χ0) is 13.1. The van der Waals surface area contributed by atoms with Crippen molar-refractivity contribution >= 4 is 56.1 Å². The van der Waals surface area contributed by atoms with Crippen LogP contribution in [0.5, 0.6) is 0 Å². The summed E-state index contributed by atoms with van der Waals surface area (Å²) in [6.07, 6.45) is 1.65. The molecule has 0 atom stereocenters. The van der Waals surface area contributed by atoms with Gasteiger partial charge in [0.2, 0.25) is 0 Å². The first-order valence-electron chi connectivity index (χ1n) is 5.04. The quantitative estimate of drug-likeness (QED) is 0.831. The SMILES string of the molecule is NC(=S)c1cc(Nc2ccc(Br)c(Cl)c2)ccn1. The van der Waals surface area contributed by atoms with Crippen molar-refractivity contribution in [3.8, 4) is 0 Å². The van der Waals surface area contributed by atoms with E-state index in [-0.39, 0.29) is 4.99 Å². The molecule has 0 aliphatic carbocycles. The molecule has 0 radical (unpaired) electrons. The number of benzene rings is 1. The molecule has 0 spiro atoms. The Kier molecular flexibility index (Phi) is 4.16. The molecule has 18 heavy (non-hydrogen) atoms. The maximum atomic E-state index is 6.02. The first kappa shape index (κ1) is 13.3. The highest BCUT2D eigenvalue weighted by atomic mass is 79.9. The minimum absolute atomic E-state index is 0.271. The molecule has 0 saturated heterocycles. The van der Waals surface area contributed by atoms with E-state index in [0.29, 0.717) is 10.7 Å². The highest BCUT2D eigenvalue weighted by Gasteiger charge is 2.02. The number of rotatable bonds is 3. The molecule has 0 bridgehead atoms. The third-order valence-corrected chi connectivity index (χ3v) is 3.66. The van der Waals surface area contributed by atoms with E-state index < -0.39 is 0 Å². The van der Waals surface area contributed by atoms with Crippen molar-refractivity contribution in [2.45, 2.75) is 0 Å². The number of hydrogen-bond acceptors (Lipinski definition) is 3. The molecule has 92 valence electrons. The van der Waals surface area contributed by atoms with Gasteiger partial charge in [0.15, 0.2) is 0 Å². The molecule has 1 aromatic heterocycles. The average Bonchev–Trinajstić information content (AvgIpc) is 2.34. The van der Waals surface area contributed by atoms with Gasteiger partial charge in [-0.1, -0.05) is 23.8 Å². The van der Waals surface area contributed by atoms with Crippen molar-refractivity contribution < 1.29 is 0 Å². The first-order chi connectivity index (χ1) is 8.56. The molecule has 1 aromatic carbocycles. The summed E-state index contributed by atoms with van der Waals surface area (Å²) in [6.45, 7) is 0. The summed E-state index contributed by atoms with van der Waals surface area (Å²) < 4.78 is 0.855. The number of nitrogens with zero attached hydrogens (tertiary/aromatic N) is 1. The number of aromatic nitrogens is 1. The van der Waals surface area contributed by atoms with Gasteiger partial charge in [-0.25, -0.2) is 0 Å². The van der Waals surface area contributed by atoms with Gasteiger partial charge in [-0.05, 0) is 46.3 Å². The zero-order valence-corrected chi connectivity index (χ0v) is 12.3. The van der Waals surface area contributed by atoms with E-state index in [9.17, 15) is 0 Å². The second kappa shape index (κ2) is 5.65. The van der Waals surface area contributed by atoms with E-state index >= 15 is 0 Å². The van der Waals surface area contributed by atoms with Crippen LogP contribution >= 0.6 is 39.7 Å². The molecule has 0 unspecified atom stereocenters. The van der Waals surface area contributed by atoms with Crippen LogP contribution in [0.4, 0.5) is 11.4 Å². The number of nitrogens with two attached hydrogens (primary N) is 1. The summed E-state index contributed by atoms with van der Waals surface area (Å²) in [6, 6.07) is 9.24. The zero-order valence-electron chi connectivity index (χ0n) is 9.15. The minimum atomic E-state index is 0.271. The van der Waals surface area contributed by atoms with Crippen LogP contribution in [0.15, 0.2) is 41.0 Å². The fourth-order valence-corrected chi connectivity index (χ4v) is 1.92. The Bertz CT molecular complexity index is 604. The normalized spacial score (nSPS) is 10.1. The van der Waals surface area contributed by atoms with Crippen molar-refractivity contribution in [2.75, 3.05) is 5.32 Å². The predicted octanol–water partition coefficient (Wildman–Crippen LogP) is 3.88. The van der Waals surface area contributed by atoms with Crippen LogP contribution in [0.2, 0.25) is 5.02 Å². The van der Waals surface area contributed by atoms with Crippen LogP contribution in [0.25, 0.3) is 0 Å². The smallest absolute Gasteiger partial charge is 0.122 e. The van der Waals surface area contributed by atoms with Gasteiger partial charge in [0.05, 0.1) is 10.7 Å². The average molecular weight is 343 g/mol. The fourth-order valence-electron chi connectivity index (χ4n) is 1.38. The Morgan fingerprint density at radius 2 is 2.00 bits per heavy atom. The third kappa shape index (κ3) is 3.19. The summed E-state index contributed by atoms with van der Waals surface area (Å²) in [5.41, 5.74) is 7.85. The van der Waals surface area contributed by atoms with E-state index in [1.807, 2.05) is 24.3 Å². The van der Waals surface area contributed by atoms with Crippen LogP contribution in [-0.2, 0) is 0 Å². The summed E-state index contributed by atoms with van der Waals surface area (Å²) in [7, 11) is 0. The Morgan fingerprint density at radius 3 is 2.67 bits per heavy atom. The molecule has 6 heteroatoms. The van der Waals surface area contributed by atoms with Gasteiger partial charge in [-0.2, -0.15) is 0 Å². The maximum absolute atomic E-state index is 6.02. The topological polar surface area (TPSA) is 50.9 Å². The maximum Gasteiger partial charge on any atom is 0.122 e. The molecule has 0 fully saturated rings. The predicted molar refractivity (Wildman–Crippen MR) is 82.6 cm³/mol. The molecule has 0 aliphatic rings. The molecule has 1 heterocycles. The van der Waals surface area contributed by atoms with E-state index in [1.165, 1.54) is 0 Å². The Hall–Kier alpha value is -1.17. The number of thiocarbonyl (C=S) groups is 1. The molecule has 0 aliphatic heterocycles. The van der Waals surface area contributed by atoms with E-state index in [0.717, 1.165) is 15.8 Å². The van der Waals surface area contributed by atoms with E-state index in [4.69, 9.17) is 29.6 Å². The van der Waals surface area contributed by atoms with Crippen LogP contribution in [0.1, 0.15) is 5.69 Å². The summed E-state index contributed by atoms with van der Waals surface area (Å²) >= 11 is 14.2. The summed E-state index contributed by atoms with van der Waals surface area (Å²) in [4.78, 5) is 4.34. The second-order valence-corrected chi connectivity index (χ2v) is 5.25. The second-order valence-electron chi connectivity index (χ2n) is 3.55. The highest BCUT2D eigenvalue weighted by molar-refractivity contribution is 9.10. The molecule has 2 aromatic rings. The minimum Gasteiger partial charge on any atom is -0.388 e. The molecule has 2 rings (SSSR count). The Morgan fingerprint density at radius 1 is 1.28 bits per heavy atom. The number of pyridine rings is 1. The lowest BCUT2D eigenvalue weighted by Crippen LogP contribution is -2.11. The van der Waals surface area contributed by atoms with Gasteiger partial charge in [0.25, 0.3) is 0 Å². The lowest BCUT2D eigenvalue weighted by atomic mass is 10.2. The van der Waals surface area contributed by atoms with Crippen molar-refractivity contribution in [1.82, 2.24) is 4.98 Å². The highest BCUT2D eigenvalue weighted by Crippen LogP contribution is 2.27. The molecule has 3 nitrogen and oxygen atoms in total. The van der Waals surface area contributed by atoms with Crippen molar-refractivity contribution in [3.05, 3.63) is 51.7 Å². The molecule has 0 saturated carbocycles. The molecule has 3 N–H and O–H groups in total. The molecular formula is C12H9BrClN3S. The van der Waals surface area contributed by atoms with Crippen molar-refractivity contribution in [3.63, 3.8) is 0 Å². The lowest BCUT2D eigenvalue weighted by molar-refractivity contribution is 1.29. The van der Waals surface area contributed by atoms with Crippen molar-refractivity contribution in [2.24, 2.45) is 5.73 Å². The van der Waals surface area contributed by atoms with Crippen LogP contribution in [0, 0.1) is 0 Å². The van der Waals surface area contributed by atoms with Gasteiger partial charge in [0, 0.05) is 22.0 Å². The van der Waals surface area contributed by atoms with Crippen molar-refractivity contribution in [1.29, 1.82) is 0 Å². The van der Waals surface area contributed by atoms with Gasteiger partial charge >= 0.3 is 0 Å². The largest absolute Gasteiger partial charge is 0.388 e. The fraction of sp³-hybridized carbons (Fsp3) is 0. The van der Waals surface area contributed by atoms with Crippen LogP contribution in [-0.4, -0.2) is 9.97 Å². The van der Waals surface area contributed by atoms with E-state index in [1.54, 1.807) is 12.3 Å². The number of hydrogen-bond donors (Lipinski definition) is 2. The lowest BCUT2D eigenvalue weighted by Gasteiger charge is -2.08. The third-order valence-electron chi connectivity index (χ3n) is 2.22. The van der Waals surface area contributed by atoms with Crippen LogP contribution < -0.4 is 11.1 Å². The first-order valence-corrected chi connectivity index (χ1v) is 6.62. The monoisotopic (exact) mass is 341 g/mol.